The van der Waals surface area contributed by atoms with E-state index in [1.165, 1.54) is 25.8 Å². The fourth-order valence-electron chi connectivity index (χ4n) is 4.79. The van der Waals surface area contributed by atoms with Gasteiger partial charge in [-0.15, -0.1) is 0 Å². The smallest absolute Gasteiger partial charge is 0.164 e. The van der Waals surface area contributed by atoms with E-state index in [0.29, 0.717) is 17.5 Å². The van der Waals surface area contributed by atoms with Crippen LogP contribution in [0.2, 0.25) is 0 Å². The number of benzene rings is 4. The third kappa shape index (κ3) is 3.53. The molecule has 1 aromatic heterocycles. The molecular weight excluding hydrogens is 529 g/mol. The van der Waals surface area contributed by atoms with Crippen molar-refractivity contribution in [2.75, 3.05) is 0 Å². The molecule has 1 aliphatic carbocycles. The first-order valence-electron chi connectivity index (χ1n) is 11.3. The predicted octanol–water partition coefficient (Wildman–Crippen LogP) is 7.78. The van der Waals surface area contributed by atoms with E-state index in [1.807, 2.05) is 30.3 Å². The van der Waals surface area contributed by atoms with Crippen LogP contribution < -0.4 is 0 Å². The molecule has 164 valence electrons. The third-order valence-electron chi connectivity index (χ3n) is 6.61. The fourth-order valence-corrected chi connectivity index (χ4v) is 5.15. The molecule has 0 fully saturated rings. The monoisotopic (exact) mass is 551 g/mol. The van der Waals surface area contributed by atoms with Gasteiger partial charge < -0.3 is 0 Å². The number of hydrogen-bond donors (Lipinski definition) is 0. The topological polar surface area (TPSA) is 38.7 Å². The zero-order valence-electron chi connectivity index (χ0n) is 19.0. The van der Waals surface area contributed by atoms with Crippen molar-refractivity contribution in [3.05, 3.63) is 112 Å². The van der Waals surface area contributed by atoms with Gasteiger partial charge in [-0.1, -0.05) is 92.7 Å². The summed E-state index contributed by atoms with van der Waals surface area (Å²) in [7, 11) is 0. The summed E-state index contributed by atoms with van der Waals surface area (Å²) < 4.78 is 1.18. The molecule has 0 spiro atoms. The van der Waals surface area contributed by atoms with Gasteiger partial charge in [-0.25, -0.2) is 15.0 Å². The van der Waals surface area contributed by atoms with E-state index in [4.69, 9.17) is 15.0 Å². The summed E-state index contributed by atoms with van der Waals surface area (Å²) >= 11 is 2.31. The molecule has 1 heterocycles. The molecule has 1 aliphatic rings. The Balaban J connectivity index is 1.53. The maximum atomic E-state index is 4.93. The molecule has 0 atom stereocenters. The van der Waals surface area contributed by atoms with Crippen molar-refractivity contribution >= 4 is 22.6 Å². The van der Waals surface area contributed by atoms with Gasteiger partial charge in [0, 0.05) is 25.7 Å². The molecule has 3 nitrogen and oxygen atoms in total. The molecule has 4 heteroatoms. The molecule has 34 heavy (non-hydrogen) atoms. The molecule has 0 aliphatic heterocycles. The lowest BCUT2D eigenvalue weighted by molar-refractivity contribution is 0.660. The number of hydrogen-bond acceptors (Lipinski definition) is 3. The first-order valence-corrected chi connectivity index (χ1v) is 12.4. The van der Waals surface area contributed by atoms with Gasteiger partial charge in [-0.2, -0.15) is 0 Å². The van der Waals surface area contributed by atoms with E-state index in [0.717, 1.165) is 16.7 Å². The molecule has 0 bridgehead atoms. The lowest BCUT2D eigenvalue weighted by Gasteiger charge is -2.21. The van der Waals surface area contributed by atoms with Crippen LogP contribution in [0.3, 0.4) is 0 Å². The zero-order valence-corrected chi connectivity index (χ0v) is 21.1. The molecule has 6 rings (SSSR count). The normalized spacial score (nSPS) is 13.4. The second-order valence-electron chi connectivity index (χ2n) is 9.11. The highest BCUT2D eigenvalue weighted by atomic mass is 127. The predicted molar refractivity (Wildman–Crippen MR) is 146 cm³/mol. The molecule has 0 radical (unpaired) electrons. The minimum Gasteiger partial charge on any atom is -0.208 e. The number of rotatable bonds is 3. The van der Waals surface area contributed by atoms with Crippen molar-refractivity contribution in [2.45, 2.75) is 19.3 Å². The quantitative estimate of drug-likeness (QED) is 0.215. The summed E-state index contributed by atoms with van der Waals surface area (Å²) in [6.07, 6.45) is 0. The van der Waals surface area contributed by atoms with Crippen molar-refractivity contribution in [3.8, 4) is 45.3 Å². The molecule has 5 aromatic rings. The summed E-state index contributed by atoms with van der Waals surface area (Å²) in [6, 6.07) is 33.7. The fraction of sp³-hybridized carbons (Fsp3) is 0.100. The summed E-state index contributed by atoms with van der Waals surface area (Å²) in [4.78, 5) is 14.7. The maximum Gasteiger partial charge on any atom is 0.164 e. The zero-order chi connectivity index (χ0) is 23.3. The maximum absolute atomic E-state index is 4.93. The second-order valence-corrected chi connectivity index (χ2v) is 10.4. The van der Waals surface area contributed by atoms with Crippen LogP contribution in [-0.2, 0) is 5.41 Å². The van der Waals surface area contributed by atoms with Gasteiger partial charge in [0.2, 0.25) is 0 Å². The number of aromatic nitrogens is 3. The van der Waals surface area contributed by atoms with Crippen molar-refractivity contribution in [2.24, 2.45) is 0 Å². The molecule has 4 aromatic carbocycles. The lowest BCUT2D eigenvalue weighted by atomic mass is 9.82. The van der Waals surface area contributed by atoms with E-state index in [9.17, 15) is 0 Å². The summed E-state index contributed by atoms with van der Waals surface area (Å²) in [5.74, 6) is 2.06. The SMILES string of the molecule is CC1(C)c2ccccc2-c2ccc(-c3nc(-c4ccccc4)nc(-c4ccc(I)cc4)n3)cc21. The van der Waals surface area contributed by atoms with E-state index < -0.39 is 0 Å². The molecular formula is C30H22IN3. The van der Waals surface area contributed by atoms with E-state index in [-0.39, 0.29) is 5.41 Å². The largest absolute Gasteiger partial charge is 0.208 e. The van der Waals surface area contributed by atoms with Crippen LogP contribution in [0.4, 0.5) is 0 Å². The number of nitrogens with zero attached hydrogens (tertiary/aromatic N) is 3. The first kappa shape index (κ1) is 21.2. The Kier molecular flexibility index (Phi) is 5.06. The van der Waals surface area contributed by atoms with Gasteiger partial charge in [0.15, 0.2) is 17.5 Å². The minimum absolute atomic E-state index is 0.0732. The average molecular weight is 551 g/mol. The Labute approximate surface area is 213 Å². The van der Waals surface area contributed by atoms with Crippen LogP contribution in [0, 0.1) is 3.57 Å². The van der Waals surface area contributed by atoms with Gasteiger partial charge >= 0.3 is 0 Å². The van der Waals surface area contributed by atoms with Gasteiger partial charge in [-0.05, 0) is 63.0 Å². The average Bonchev–Trinajstić information content (AvgIpc) is 3.11. The van der Waals surface area contributed by atoms with Crippen molar-refractivity contribution < 1.29 is 0 Å². The number of fused-ring (bicyclic) bond motifs is 3. The van der Waals surface area contributed by atoms with Crippen LogP contribution >= 0.6 is 22.6 Å². The molecule has 0 N–H and O–H groups in total. The Morgan fingerprint density at radius 3 is 1.76 bits per heavy atom. The van der Waals surface area contributed by atoms with Gasteiger partial charge in [0.05, 0.1) is 0 Å². The van der Waals surface area contributed by atoms with Crippen LogP contribution in [0.5, 0.6) is 0 Å². The van der Waals surface area contributed by atoms with E-state index in [2.05, 4.69) is 103 Å². The van der Waals surface area contributed by atoms with Gasteiger partial charge in [0.25, 0.3) is 0 Å². The Morgan fingerprint density at radius 2 is 1.06 bits per heavy atom. The summed E-state index contributed by atoms with van der Waals surface area (Å²) in [5, 5.41) is 0. The molecule has 0 saturated carbocycles. The minimum atomic E-state index is -0.0732. The highest BCUT2D eigenvalue weighted by Gasteiger charge is 2.35. The second kappa shape index (κ2) is 8.13. The third-order valence-corrected chi connectivity index (χ3v) is 7.33. The van der Waals surface area contributed by atoms with Crippen molar-refractivity contribution in [1.29, 1.82) is 0 Å². The van der Waals surface area contributed by atoms with E-state index in [1.54, 1.807) is 0 Å². The Bertz CT molecular complexity index is 1520. The summed E-state index contributed by atoms with van der Waals surface area (Å²) in [5.41, 5.74) is 8.17. The van der Waals surface area contributed by atoms with Crippen LogP contribution in [0.25, 0.3) is 45.3 Å². The highest BCUT2D eigenvalue weighted by molar-refractivity contribution is 14.1. The van der Waals surface area contributed by atoms with Crippen LogP contribution in [-0.4, -0.2) is 15.0 Å². The standard InChI is InChI=1S/C30H22IN3/c1-30(2)25-11-7-6-10-23(25)24-17-14-21(18-26(24)30)29-33-27(19-8-4-3-5-9-19)32-28(34-29)20-12-15-22(31)16-13-20/h3-18H,1-2H3. The van der Waals surface area contributed by atoms with Gasteiger partial charge in [0.1, 0.15) is 0 Å². The van der Waals surface area contributed by atoms with Crippen LogP contribution in [0.15, 0.2) is 97.1 Å². The lowest BCUT2D eigenvalue weighted by Crippen LogP contribution is -2.15. The number of halogens is 1. The first-order chi connectivity index (χ1) is 16.5. The van der Waals surface area contributed by atoms with Gasteiger partial charge in [-0.3, -0.25) is 0 Å². The summed E-state index contributed by atoms with van der Waals surface area (Å²) in [6.45, 7) is 4.59. The van der Waals surface area contributed by atoms with Crippen molar-refractivity contribution in [1.82, 2.24) is 15.0 Å². The molecule has 0 amide bonds. The molecule has 0 saturated heterocycles. The molecule has 0 unspecified atom stereocenters. The highest BCUT2D eigenvalue weighted by Crippen LogP contribution is 2.49. The van der Waals surface area contributed by atoms with E-state index >= 15 is 0 Å². The van der Waals surface area contributed by atoms with Crippen molar-refractivity contribution in [3.63, 3.8) is 0 Å². The van der Waals surface area contributed by atoms with Crippen LogP contribution in [0.1, 0.15) is 25.0 Å². The Morgan fingerprint density at radius 1 is 0.529 bits per heavy atom. The Hall–Kier alpha value is -3.38.